The number of rotatable bonds is 5. The molecule has 0 spiro atoms. The normalized spacial score (nSPS) is 21.6. The van der Waals surface area contributed by atoms with Gasteiger partial charge in [0.2, 0.25) is 0 Å². The Balaban J connectivity index is 1.21. The Bertz CT molecular complexity index is 1330. The summed E-state index contributed by atoms with van der Waals surface area (Å²) in [4.78, 5) is 31.2. The van der Waals surface area contributed by atoms with Crippen LogP contribution in [0.3, 0.4) is 0 Å². The van der Waals surface area contributed by atoms with Crippen LogP contribution in [0.5, 0.6) is 5.75 Å². The van der Waals surface area contributed by atoms with Crippen LogP contribution >= 0.6 is 0 Å². The van der Waals surface area contributed by atoms with Crippen LogP contribution in [0, 0.1) is 6.92 Å². The number of aryl methyl sites for hydroxylation is 1. The molecule has 2 atom stereocenters. The third-order valence-electron chi connectivity index (χ3n) is 6.83. The Morgan fingerprint density at radius 2 is 2.05 bits per heavy atom. The van der Waals surface area contributed by atoms with Crippen LogP contribution in [0.15, 0.2) is 48.8 Å². The number of nitrogens with zero attached hydrogens (tertiary/aromatic N) is 5. The highest BCUT2D eigenvalue weighted by Crippen LogP contribution is 2.40. The van der Waals surface area contributed by atoms with E-state index in [0.29, 0.717) is 30.6 Å². The van der Waals surface area contributed by atoms with Gasteiger partial charge in [-0.05, 0) is 57.5 Å². The van der Waals surface area contributed by atoms with Crippen molar-refractivity contribution in [3.63, 3.8) is 0 Å². The van der Waals surface area contributed by atoms with E-state index in [4.69, 9.17) is 19.2 Å². The van der Waals surface area contributed by atoms with Crippen molar-refractivity contribution in [2.75, 3.05) is 41.4 Å². The molecule has 3 aliphatic heterocycles. The first-order valence-electron chi connectivity index (χ1n) is 12.5. The lowest BCUT2D eigenvalue weighted by molar-refractivity contribution is -0.141. The number of aromatic nitrogens is 3. The first-order valence-corrected chi connectivity index (χ1v) is 12.5. The van der Waals surface area contributed by atoms with E-state index in [9.17, 15) is 4.79 Å². The molecule has 2 amide bonds. The number of carbonyl (C=O) groups excluding carboxylic acids is 1. The van der Waals surface area contributed by atoms with Crippen molar-refractivity contribution >= 4 is 23.4 Å². The molecule has 2 fully saturated rings. The van der Waals surface area contributed by atoms with Crippen molar-refractivity contribution in [2.24, 2.45) is 0 Å². The van der Waals surface area contributed by atoms with Gasteiger partial charge in [0.05, 0.1) is 24.0 Å². The predicted octanol–water partition coefficient (Wildman–Crippen LogP) is 4.01. The number of hydrogen-bond acceptors (Lipinski definition) is 8. The van der Waals surface area contributed by atoms with Crippen molar-refractivity contribution < 1.29 is 19.0 Å². The Labute approximate surface area is 215 Å². The Hall–Kier alpha value is -3.76. The van der Waals surface area contributed by atoms with Crippen molar-refractivity contribution in [3.05, 3.63) is 54.5 Å². The van der Waals surface area contributed by atoms with Gasteiger partial charge in [-0.2, -0.15) is 0 Å². The molecular formula is C27H30N6O4. The Morgan fingerprint density at radius 1 is 1.19 bits per heavy atom. The molecule has 10 nitrogen and oxygen atoms in total. The van der Waals surface area contributed by atoms with E-state index < -0.39 is 5.79 Å². The number of urea groups is 1. The number of nitrogens with one attached hydrogen (secondary N) is 1. The lowest BCUT2D eigenvalue weighted by atomic mass is 10.1. The average molecular weight is 503 g/mol. The maximum absolute atomic E-state index is 13.6. The highest BCUT2D eigenvalue weighted by Gasteiger charge is 2.40. The van der Waals surface area contributed by atoms with Crippen LogP contribution in [-0.2, 0) is 9.47 Å². The summed E-state index contributed by atoms with van der Waals surface area (Å²) in [5.74, 6) is 1.06. The first kappa shape index (κ1) is 23.6. The summed E-state index contributed by atoms with van der Waals surface area (Å²) in [6.45, 7) is 8.21. The zero-order valence-corrected chi connectivity index (χ0v) is 21.2. The predicted molar refractivity (Wildman–Crippen MR) is 139 cm³/mol. The van der Waals surface area contributed by atoms with E-state index in [2.05, 4.69) is 26.3 Å². The van der Waals surface area contributed by atoms with Crippen molar-refractivity contribution in [1.29, 1.82) is 0 Å². The van der Waals surface area contributed by atoms with Gasteiger partial charge >= 0.3 is 6.03 Å². The van der Waals surface area contributed by atoms with Crippen molar-refractivity contribution in [2.45, 2.75) is 45.1 Å². The number of ether oxygens (including phenoxy) is 3. The fourth-order valence-electron chi connectivity index (χ4n) is 5.11. The van der Waals surface area contributed by atoms with Gasteiger partial charge in [-0.25, -0.2) is 14.8 Å². The summed E-state index contributed by atoms with van der Waals surface area (Å²) in [5, 5.41) is 2.96. The fraction of sp³-hybridized carbons (Fsp3) is 0.407. The number of amides is 2. The molecule has 3 aromatic rings. The molecule has 0 saturated carbocycles. The molecule has 10 heteroatoms. The second-order valence-corrected chi connectivity index (χ2v) is 10.1. The molecule has 3 aromatic heterocycles. The van der Waals surface area contributed by atoms with E-state index in [1.54, 1.807) is 29.4 Å². The van der Waals surface area contributed by atoms with Crippen LogP contribution in [0.4, 0.5) is 22.1 Å². The van der Waals surface area contributed by atoms with E-state index in [0.717, 1.165) is 42.1 Å². The summed E-state index contributed by atoms with van der Waals surface area (Å²) >= 11 is 0. The van der Waals surface area contributed by atoms with Crippen LogP contribution in [0.25, 0.3) is 11.3 Å². The Morgan fingerprint density at radius 3 is 2.86 bits per heavy atom. The van der Waals surface area contributed by atoms with Crippen LogP contribution in [-0.4, -0.2) is 65.2 Å². The third kappa shape index (κ3) is 4.82. The first-order chi connectivity index (χ1) is 17.8. The standard InChI is InChI=1S/C27H30N6O4/c1-17-12-18(6-9-28-17)22-4-5-23-25(30-22)33(19-8-11-32(23)14-19)26(34)31-24-13-20(7-10-29-24)35-15-21-16-36-27(2,3)37-21/h4-7,9-10,12-13,19,21H,8,11,14-16H2,1-3H3,(H,29,31,34)/t19-,21+/m0/s1. The molecule has 3 aliphatic rings. The zero-order chi connectivity index (χ0) is 25.6. The second-order valence-electron chi connectivity index (χ2n) is 10.1. The van der Waals surface area contributed by atoms with Crippen LogP contribution in [0.2, 0.25) is 0 Å². The minimum atomic E-state index is -0.601. The second kappa shape index (κ2) is 9.28. The van der Waals surface area contributed by atoms with Gasteiger partial charge in [-0.1, -0.05) is 0 Å². The van der Waals surface area contributed by atoms with Gasteiger partial charge in [-0.3, -0.25) is 15.2 Å². The highest BCUT2D eigenvalue weighted by atomic mass is 16.7. The van der Waals surface area contributed by atoms with E-state index in [1.807, 2.05) is 39.0 Å². The summed E-state index contributed by atoms with van der Waals surface area (Å²) in [7, 11) is 0. The molecule has 2 bridgehead atoms. The molecule has 0 unspecified atom stereocenters. The number of pyridine rings is 3. The number of hydrogen-bond donors (Lipinski definition) is 1. The largest absolute Gasteiger partial charge is 0.491 e. The van der Waals surface area contributed by atoms with Crippen molar-refractivity contribution in [3.8, 4) is 17.0 Å². The summed E-state index contributed by atoms with van der Waals surface area (Å²) in [6, 6.07) is 11.2. The van der Waals surface area contributed by atoms with Gasteiger partial charge in [0.15, 0.2) is 11.6 Å². The van der Waals surface area contributed by atoms with Gasteiger partial charge < -0.3 is 19.1 Å². The number of fused-ring (bicyclic) bond motifs is 4. The molecule has 6 heterocycles. The lowest BCUT2D eigenvalue weighted by Gasteiger charge is -2.35. The minimum Gasteiger partial charge on any atom is -0.491 e. The zero-order valence-electron chi connectivity index (χ0n) is 21.2. The number of carbonyl (C=O) groups is 1. The summed E-state index contributed by atoms with van der Waals surface area (Å²) in [6.07, 6.45) is 4.12. The van der Waals surface area contributed by atoms with Gasteiger partial charge in [0, 0.05) is 42.8 Å². The fourth-order valence-corrected chi connectivity index (χ4v) is 5.11. The molecule has 0 aliphatic carbocycles. The molecule has 192 valence electrons. The minimum absolute atomic E-state index is 0.0386. The van der Waals surface area contributed by atoms with Crippen molar-refractivity contribution in [1.82, 2.24) is 15.0 Å². The quantitative estimate of drug-likeness (QED) is 0.559. The molecule has 2 saturated heterocycles. The SMILES string of the molecule is Cc1cc(-c2ccc3c(n2)N(C(=O)Nc2cc(OC[C@@H]4COC(C)(C)O4)ccn2)[C@H]2CCN3C2)ccn1. The van der Waals surface area contributed by atoms with E-state index in [-0.39, 0.29) is 18.2 Å². The maximum Gasteiger partial charge on any atom is 0.329 e. The maximum atomic E-state index is 13.6. The van der Waals surface area contributed by atoms with Crippen LogP contribution in [0.1, 0.15) is 26.0 Å². The summed E-state index contributed by atoms with van der Waals surface area (Å²) in [5.41, 5.74) is 3.65. The van der Waals surface area contributed by atoms with E-state index in [1.165, 1.54) is 0 Å². The van der Waals surface area contributed by atoms with Gasteiger partial charge in [0.1, 0.15) is 24.3 Å². The molecule has 6 rings (SSSR count). The summed E-state index contributed by atoms with van der Waals surface area (Å²) < 4.78 is 17.3. The third-order valence-corrected chi connectivity index (χ3v) is 6.83. The molecule has 37 heavy (non-hydrogen) atoms. The highest BCUT2D eigenvalue weighted by molar-refractivity contribution is 6.04. The smallest absolute Gasteiger partial charge is 0.329 e. The van der Waals surface area contributed by atoms with Crippen LogP contribution < -0.4 is 19.9 Å². The van der Waals surface area contributed by atoms with Gasteiger partial charge in [-0.15, -0.1) is 0 Å². The van der Waals surface area contributed by atoms with Gasteiger partial charge in [0.25, 0.3) is 0 Å². The molecule has 0 radical (unpaired) electrons. The number of anilines is 3. The Kier molecular flexibility index (Phi) is 5.92. The molecular weight excluding hydrogens is 472 g/mol. The topological polar surface area (TPSA) is 102 Å². The average Bonchev–Trinajstić information content (AvgIpc) is 3.46. The molecule has 0 aromatic carbocycles. The van der Waals surface area contributed by atoms with E-state index >= 15 is 0 Å². The monoisotopic (exact) mass is 502 g/mol. The lowest BCUT2D eigenvalue weighted by Crippen LogP contribution is -2.48. The molecule has 1 N–H and O–H groups in total.